The van der Waals surface area contributed by atoms with Gasteiger partial charge in [0.05, 0.1) is 6.54 Å². The Morgan fingerprint density at radius 1 is 1.40 bits per heavy atom. The Kier molecular flexibility index (Phi) is 5.09. The Hall–Kier alpha value is -0.570. The number of carboxylic acid groups (broad SMARTS) is 1. The molecule has 0 bridgehead atoms. The Labute approximate surface area is 92.5 Å². The van der Waals surface area contributed by atoms with Crippen LogP contribution in [0.1, 0.15) is 52.4 Å². The molecule has 1 aliphatic carbocycles. The summed E-state index contributed by atoms with van der Waals surface area (Å²) in [6, 6.07) is 0.897. The lowest BCUT2D eigenvalue weighted by molar-refractivity contribution is -0.139. The summed E-state index contributed by atoms with van der Waals surface area (Å²) >= 11 is 0. The molecule has 0 aromatic heterocycles. The second-order valence-corrected chi connectivity index (χ2v) is 4.62. The van der Waals surface area contributed by atoms with Crippen LogP contribution in [0.25, 0.3) is 0 Å². The smallest absolute Gasteiger partial charge is 0.317 e. The van der Waals surface area contributed by atoms with E-state index in [9.17, 15) is 4.79 Å². The number of nitrogens with zero attached hydrogens (tertiary/aromatic N) is 1. The second-order valence-electron chi connectivity index (χ2n) is 4.62. The molecule has 1 atom stereocenters. The van der Waals surface area contributed by atoms with Crippen LogP contribution in [0.15, 0.2) is 0 Å². The van der Waals surface area contributed by atoms with E-state index in [0.29, 0.717) is 12.1 Å². The molecule has 1 aliphatic rings. The minimum Gasteiger partial charge on any atom is -0.480 e. The monoisotopic (exact) mass is 213 g/mol. The average molecular weight is 213 g/mol. The van der Waals surface area contributed by atoms with E-state index in [1.54, 1.807) is 0 Å². The standard InChI is InChI=1S/C12H23NO2/c1-3-10(2)13(9-12(14)15)11-7-5-4-6-8-11/h10-11H,3-9H2,1-2H3,(H,14,15). The van der Waals surface area contributed by atoms with Crippen molar-refractivity contribution < 1.29 is 9.90 Å². The SMILES string of the molecule is CCC(C)N(CC(=O)O)C1CCCCC1. The minimum atomic E-state index is -0.694. The second kappa shape index (κ2) is 6.11. The summed E-state index contributed by atoms with van der Waals surface area (Å²) < 4.78 is 0. The fourth-order valence-electron chi connectivity index (χ4n) is 2.45. The fraction of sp³-hybridized carbons (Fsp3) is 0.917. The third-order valence-electron chi connectivity index (χ3n) is 3.52. The van der Waals surface area contributed by atoms with Gasteiger partial charge >= 0.3 is 5.97 Å². The predicted molar refractivity (Wildman–Crippen MR) is 61.0 cm³/mol. The zero-order valence-corrected chi connectivity index (χ0v) is 9.91. The third-order valence-corrected chi connectivity index (χ3v) is 3.52. The van der Waals surface area contributed by atoms with E-state index in [1.807, 2.05) is 0 Å². The van der Waals surface area contributed by atoms with Crippen LogP contribution in [0.2, 0.25) is 0 Å². The first kappa shape index (κ1) is 12.5. The molecule has 1 unspecified atom stereocenters. The van der Waals surface area contributed by atoms with Crippen molar-refractivity contribution in [1.29, 1.82) is 0 Å². The predicted octanol–water partition coefficient (Wildman–Crippen LogP) is 2.50. The van der Waals surface area contributed by atoms with Crippen LogP contribution in [0.3, 0.4) is 0 Å². The van der Waals surface area contributed by atoms with Gasteiger partial charge in [0.25, 0.3) is 0 Å². The van der Waals surface area contributed by atoms with Gasteiger partial charge in [-0.1, -0.05) is 26.2 Å². The number of carboxylic acids is 1. The van der Waals surface area contributed by atoms with Gasteiger partial charge in [-0.2, -0.15) is 0 Å². The highest BCUT2D eigenvalue weighted by atomic mass is 16.4. The van der Waals surface area contributed by atoms with Gasteiger partial charge in [0.1, 0.15) is 0 Å². The highest BCUT2D eigenvalue weighted by Crippen LogP contribution is 2.24. The van der Waals surface area contributed by atoms with E-state index in [2.05, 4.69) is 18.7 Å². The molecule has 3 nitrogen and oxygen atoms in total. The largest absolute Gasteiger partial charge is 0.480 e. The van der Waals surface area contributed by atoms with E-state index in [-0.39, 0.29) is 6.54 Å². The van der Waals surface area contributed by atoms with E-state index in [0.717, 1.165) is 6.42 Å². The van der Waals surface area contributed by atoms with Crippen molar-refractivity contribution in [2.75, 3.05) is 6.54 Å². The maximum atomic E-state index is 10.8. The van der Waals surface area contributed by atoms with Crippen LogP contribution in [0.4, 0.5) is 0 Å². The molecule has 88 valence electrons. The molecule has 0 heterocycles. The lowest BCUT2D eigenvalue weighted by Gasteiger charge is -2.37. The third kappa shape index (κ3) is 3.82. The first-order valence-corrected chi connectivity index (χ1v) is 6.12. The summed E-state index contributed by atoms with van der Waals surface area (Å²) in [4.78, 5) is 13.0. The van der Waals surface area contributed by atoms with Crippen LogP contribution >= 0.6 is 0 Å². The van der Waals surface area contributed by atoms with Crippen LogP contribution < -0.4 is 0 Å². The van der Waals surface area contributed by atoms with Crippen molar-refractivity contribution in [2.45, 2.75) is 64.5 Å². The fourth-order valence-corrected chi connectivity index (χ4v) is 2.45. The van der Waals surface area contributed by atoms with E-state index < -0.39 is 5.97 Å². The van der Waals surface area contributed by atoms with Crippen LogP contribution in [0.5, 0.6) is 0 Å². The van der Waals surface area contributed by atoms with Gasteiger partial charge in [0, 0.05) is 12.1 Å². The normalized spacial score (nSPS) is 20.5. The van der Waals surface area contributed by atoms with Crippen LogP contribution in [0, 0.1) is 0 Å². The average Bonchev–Trinajstić information content (AvgIpc) is 2.26. The van der Waals surface area contributed by atoms with Gasteiger partial charge in [0.2, 0.25) is 0 Å². The molecule has 0 amide bonds. The molecular weight excluding hydrogens is 190 g/mol. The van der Waals surface area contributed by atoms with Crippen molar-refractivity contribution in [3.05, 3.63) is 0 Å². The topological polar surface area (TPSA) is 40.5 Å². The molecule has 0 spiro atoms. The van der Waals surface area contributed by atoms with Crippen molar-refractivity contribution in [2.24, 2.45) is 0 Å². The number of hydrogen-bond acceptors (Lipinski definition) is 2. The highest BCUT2D eigenvalue weighted by Gasteiger charge is 2.25. The van der Waals surface area contributed by atoms with Gasteiger partial charge in [-0.15, -0.1) is 0 Å². The molecule has 1 fully saturated rings. The number of aliphatic carboxylic acids is 1. The Morgan fingerprint density at radius 2 is 2.00 bits per heavy atom. The molecule has 0 saturated heterocycles. The number of carbonyl (C=O) groups is 1. The van der Waals surface area contributed by atoms with Crippen molar-refractivity contribution >= 4 is 5.97 Å². The zero-order valence-electron chi connectivity index (χ0n) is 9.91. The maximum absolute atomic E-state index is 10.8. The lowest BCUT2D eigenvalue weighted by Crippen LogP contribution is -2.45. The van der Waals surface area contributed by atoms with E-state index in [4.69, 9.17) is 5.11 Å². The summed E-state index contributed by atoms with van der Waals surface area (Å²) in [6.45, 7) is 4.47. The quantitative estimate of drug-likeness (QED) is 0.763. The Balaban J connectivity index is 2.56. The van der Waals surface area contributed by atoms with Gasteiger partial charge in [-0.3, -0.25) is 9.69 Å². The molecule has 1 rings (SSSR count). The summed E-state index contributed by atoms with van der Waals surface area (Å²) in [5.41, 5.74) is 0. The molecule has 15 heavy (non-hydrogen) atoms. The molecule has 3 heteroatoms. The molecule has 0 aromatic rings. The molecular formula is C12H23NO2. The van der Waals surface area contributed by atoms with E-state index in [1.165, 1.54) is 32.1 Å². The lowest BCUT2D eigenvalue weighted by atomic mass is 9.93. The summed E-state index contributed by atoms with van der Waals surface area (Å²) in [5, 5.41) is 8.92. The van der Waals surface area contributed by atoms with Crippen LogP contribution in [-0.4, -0.2) is 34.6 Å². The Morgan fingerprint density at radius 3 is 2.47 bits per heavy atom. The summed E-state index contributed by atoms with van der Waals surface area (Å²) in [6.07, 6.45) is 7.23. The molecule has 0 aliphatic heterocycles. The van der Waals surface area contributed by atoms with Crippen LogP contribution in [-0.2, 0) is 4.79 Å². The number of rotatable bonds is 5. The molecule has 0 aromatic carbocycles. The van der Waals surface area contributed by atoms with Crippen molar-refractivity contribution in [3.63, 3.8) is 0 Å². The minimum absolute atomic E-state index is 0.208. The Bertz CT molecular complexity index is 200. The van der Waals surface area contributed by atoms with Gasteiger partial charge in [-0.05, 0) is 26.2 Å². The molecule has 1 saturated carbocycles. The van der Waals surface area contributed by atoms with Gasteiger partial charge < -0.3 is 5.11 Å². The van der Waals surface area contributed by atoms with E-state index >= 15 is 0 Å². The first-order chi connectivity index (χ1) is 7.15. The van der Waals surface area contributed by atoms with Gasteiger partial charge in [0.15, 0.2) is 0 Å². The molecule has 0 radical (unpaired) electrons. The van der Waals surface area contributed by atoms with Gasteiger partial charge in [-0.25, -0.2) is 0 Å². The number of hydrogen-bond donors (Lipinski definition) is 1. The maximum Gasteiger partial charge on any atom is 0.317 e. The highest BCUT2D eigenvalue weighted by molar-refractivity contribution is 5.69. The summed E-state index contributed by atoms with van der Waals surface area (Å²) in [7, 11) is 0. The van der Waals surface area contributed by atoms with Crippen molar-refractivity contribution in [3.8, 4) is 0 Å². The van der Waals surface area contributed by atoms with Crippen molar-refractivity contribution in [1.82, 2.24) is 4.90 Å². The first-order valence-electron chi connectivity index (χ1n) is 6.12. The molecule has 1 N–H and O–H groups in total. The zero-order chi connectivity index (χ0) is 11.3. The summed E-state index contributed by atoms with van der Waals surface area (Å²) in [5.74, 6) is -0.694.